The number of rotatable bonds is 4. The molecule has 0 fully saturated rings. The molecule has 1 atom stereocenters. The molecule has 2 aromatic carbocycles. The van der Waals surface area contributed by atoms with Gasteiger partial charge in [-0.25, -0.2) is 13.2 Å². The number of esters is 1. The van der Waals surface area contributed by atoms with E-state index >= 15 is 0 Å². The molecule has 1 aliphatic rings. The van der Waals surface area contributed by atoms with E-state index in [1.165, 1.54) is 11.4 Å². The molecule has 0 aromatic heterocycles. The zero-order valence-corrected chi connectivity index (χ0v) is 15.6. The van der Waals surface area contributed by atoms with Crippen LogP contribution < -0.4 is 0 Å². The van der Waals surface area contributed by atoms with Crippen LogP contribution in [0.1, 0.15) is 33.0 Å². The first kappa shape index (κ1) is 18.4. The third-order valence-corrected chi connectivity index (χ3v) is 6.48. The van der Waals surface area contributed by atoms with Gasteiger partial charge < -0.3 is 4.74 Å². The molecule has 136 valence electrons. The zero-order valence-electron chi connectivity index (χ0n) is 14.8. The van der Waals surface area contributed by atoms with Crippen LogP contribution in [0.4, 0.5) is 0 Å². The summed E-state index contributed by atoms with van der Waals surface area (Å²) in [5.41, 5.74) is 3.24. The molecular weight excluding hydrogens is 350 g/mol. The molecule has 0 saturated carbocycles. The molecule has 1 aliphatic heterocycles. The lowest BCUT2D eigenvalue weighted by Crippen LogP contribution is -2.37. The lowest BCUT2D eigenvalue weighted by atomic mass is 9.89. The fraction of sp³-hybridized carbons (Fsp3) is 0.250. The summed E-state index contributed by atoms with van der Waals surface area (Å²) in [7, 11) is -2.27. The largest absolute Gasteiger partial charge is 0.465 e. The van der Waals surface area contributed by atoms with Gasteiger partial charge in [0, 0.05) is 19.0 Å². The Morgan fingerprint density at radius 3 is 2.54 bits per heavy atom. The Morgan fingerprint density at radius 2 is 1.92 bits per heavy atom. The van der Waals surface area contributed by atoms with Gasteiger partial charge in [0.15, 0.2) is 0 Å². The highest BCUT2D eigenvalue weighted by Crippen LogP contribution is 2.33. The highest BCUT2D eigenvalue weighted by Gasteiger charge is 2.32. The Hall–Kier alpha value is -2.44. The predicted molar refractivity (Wildman–Crippen MR) is 99.5 cm³/mol. The van der Waals surface area contributed by atoms with Crippen LogP contribution in [0.3, 0.4) is 0 Å². The summed E-state index contributed by atoms with van der Waals surface area (Å²) in [6.07, 6.45) is 1.72. The second-order valence-electron chi connectivity index (χ2n) is 6.36. The number of hydrogen-bond acceptors (Lipinski definition) is 4. The summed E-state index contributed by atoms with van der Waals surface area (Å²) in [6.45, 7) is 6.31. The second kappa shape index (κ2) is 7.05. The maximum atomic E-state index is 13.0. The SMILES string of the molecule is C=CC1CN(S(=O)(=O)c2ccc(C)cc2)Cc2ccc(C(=O)OC)cc21. The van der Waals surface area contributed by atoms with Crippen molar-refractivity contribution in [2.45, 2.75) is 24.3 Å². The summed E-state index contributed by atoms with van der Waals surface area (Å²) >= 11 is 0. The molecule has 6 heteroatoms. The quantitative estimate of drug-likeness (QED) is 0.611. The number of hydrogen-bond donors (Lipinski definition) is 0. The summed E-state index contributed by atoms with van der Waals surface area (Å²) < 4.78 is 32.2. The summed E-state index contributed by atoms with van der Waals surface area (Å²) in [6, 6.07) is 12.1. The zero-order chi connectivity index (χ0) is 18.9. The summed E-state index contributed by atoms with van der Waals surface area (Å²) in [5, 5.41) is 0. The van der Waals surface area contributed by atoms with Gasteiger partial charge in [-0.15, -0.1) is 6.58 Å². The Bertz CT molecular complexity index is 948. The Kier molecular flexibility index (Phi) is 4.98. The number of fused-ring (bicyclic) bond motifs is 1. The van der Waals surface area contributed by atoms with Crippen LogP contribution in [0.25, 0.3) is 0 Å². The number of methoxy groups -OCH3 is 1. The number of carbonyl (C=O) groups is 1. The molecule has 1 heterocycles. The third-order valence-electron chi connectivity index (χ3n) is 4.66. The normalized spacial score (nSPS) is 17.4. The van der Waals surface area contributed by atoms with Crippen LogP contribution in [0.2, 0.25) is 0 Å². The first-order valence-corrected chi connectivity index (χ1v) is 9.71. The third kappa shape index (κ3) is 3.30. The minimum Gasteiger partial charge on any atom is -0.465 e. The molecule has 0 amide bonds. The van der Waals surface area contributed by atoms with Gasteiger partial charge in [0.2, 0.25) is 10.0 Å². The van der Waals surface area contributed by atoms with Crippen LogP contribution >= 0.6 is 0 Å². The topological polar surface area (TPSA) is 63.7 Å². The monoisotopic (exact) mass is 371 g/mol. The first-order valence-electron chi connectivity index (χ1n) is 8.27. The lowest BCUT2D eigenvalue weighted by molar-refractivity contribution is 0.0600. The molecule has 26 heavy (non-hydrogen) atoms. The predicted octanol–water partition coefficient (Wildman–Crippen LogP) is 3.26. The lowest BCUT2D eigenvalue weighted by Gasteiger charge is -2.33. The maximum Gasteiger partial charge on any atom is 0.337 e. The van der Waals surface area contributed by atoms with Gasteiger partial charge in [-0.3, -0.25) is 0 Å². The fourth-order valence-corrected chi connectivity index (χ4v) is 4.59. The minimum atomic E-state index is -3.60. The number of nitrogens with zero attached hydrogens (tertiary/aromatic N) is 1. The molecular formula is C20H21NO4S. The van der Waals surface area contributed by atoms with E-state index in [9.17, 15) is 13.2 Å². The summed E-state index contributed by atoms with van der Waals surface area (Å²) in [4.78, 5) is 12.1. The molecule has 5 nitrogen and oxygen atoms in total. The van der Waals surface area contributed by atoms with E-state index in [0.717, 1.165) is 16.7 Å². The van der Waals surface area contributed by atoms with Gasteiger partial charge in [-0.05, 0) is 42.3 Å². The van der Waals surface area contributed by atoms with Crippen molar-refractivity contribution in [2.75, 3.05) is 13.7 Å². The molecule has 1 unspecified atom stereocenters. The van der Waals surface area contributed by atoms with Crippen LogP contribution in [0.15, 0.2) is 60.0 Å². The molecule has 2 aromatic rings. The van der Waals surface area contributed by atoms with Crippen molar-refractivity contribution in [3.63, 3.8) is 0 Å². The van der Waals surface area contributed by atoms with Crippen LogP contribution in [0.5, 0.6) is 0 Å². The van der Waals surface area contributed by atoms with Gasteiger partial charge in [-0.1, -0.05) is 29.8 Å². The number of sulfonamides is 1. The first-order chi connectivity index (χ1) is 12.4. The highest BCUT2D eigenvalue weighted by atomic mass is 32.2. The molecule has 0 radical (unpaired) electrons. The van der Waals surface area contributed by atoms with E-state index in [4.69, 9.17) is 4.74 Å². The van der Waals surface area contributed by atoms with E-state index in [2.05, 4.69) is 6.58 Å². The Labute approximate surface area is 154 Å². The Balaban J connectivity index is 1.98. The van der Waals surface area contributed by atoms with Crippen molar-refractivity contribution in [1.29, 1.82) is 0 Å². The molecule has 0 aliphatic carbocycles. The molecule has 0 bridgehead atoms. The average molecular weight is 371 g/mol. The van der Waals surface area contributed by atoms with E-state index < -0.39 is 16.0 Å². The number of ether oxygens (including phenoxy) is 1. The number of aryl methyl sites for hydroxylation is 1. The Morgan fingerprint density at radius 1 is 1.23 bits per heavy atom. The smallest absolute Gasteiger partial charge is 0.337 e. The van der Waals surface area contributed by atoms with Gasteiger partial charge >= 0.3 is 5.97 Å². The van der Waals surface area contributed by atoms with Gasteiger partial charge in [0.1, 0.15) is 0 Å². The van der Waals surface area contributed by atoms with Crippen molar-refractivity contribution < 1.29 is 17.9 Å². The molecule has 0 saturated heterocycles. The van der Waals surface area contributed by atoms with Gasteiger partial charge in [0.25, 0.3) is 0 Å². The average Bonchev–Trinajstić information content (AvgIpc) is 2.66. The molecule has 3 rings (SSSR count). The van der Waals surface area contributed by atoms with Gasteiger partial charge in [0.05, 0.1) is 17.6 Å². The van der Waals surface area contributed by atoms with Crippen molar-refractivity contribution in [2.24, 2.45) is 0 Å². The number of carbonyl (C=O) groups excluding carboxylic acids is 1. The van der Waals surface area contributed by atoms with Crippen molar-refractivity contribution in [1.82, 2.24) is 4.31 Å². The van der Waals surface area contributed by atoms with E-state index in [1.54, 1.807) is 48.5 Å². The maximum absolute atomic E-state index is 13.0. The standard InChI is InChI=1S/C20H21NO4S/c1-4-15-12-21(26(23,24)18-9-5-14(2)6-10-18)13-17-8-7-16(11-19(15)17)20(22)25-3/h4-11,15H,1,12-13H2,2-3H3. The van der Waals surface area contributed by atoms with E-state index in [1.807, 2.05) is 6.92 Å². The van der Waals surface area contributed by atoms with Crippen molar-refractivity contribution in [3.05, 3.63) is 77.4 Å². The fourth-order valence-electron chi connectivity index (χ4n) is 3.15. The van der Waals surface area contributed by atoms with Crippen LogP contribution in [-0.4, -0.2) is 32.3 Å². The van der Waals surface area contributed by atoms with E-state index in [0.29, 0.717) is 5.56 Å². The number of benzene rings is 2. The van der Waals surface area contributed by atoms with Crippen molar-refractivity contribution >= 4 is 16.0 Å². The van der Waals surface area contributed by atoms with Crippen LogP contribution in [-0.2, 0) is 21.3 Å². The summed E-state index contributed by atoms with van der Waals surface area (Å²) in [5.74, 6) is -0.603. The second-order valence-corrected chi connectivity index (χ2v) is 8.30. The highest BCUT2D eigenvalue weighted by molar-refractivity contribution is 7.89. The van der Waals surface area contributed by atoms with Crippen molar-refractivity contribution in [3.8, 4) is 0 Å². The van der Waals surface area contributed by atoms with E-state index in [-0.39, 0.29) is 23.9 Å². The minimum absolute atomic E-state index is 0.191. The molecule has 0 N–H and O–H groups in total. The molecule has 0 spiro atoms. The van der Waals surface area contributed by atoms with Crippen LogP contribution in [0, 0.1) is 6.92 Å². The van der Waals surface area contributed by atoms with Gasteiger partial charge in [-0.2, -0.15) is 4.31 Å².